The fourth-order valence-electron chi connectivity index (χ4n) is 2.54. The standard InChI is InChI=1S/C14H15ClN4O2/c1-8-9-6-12-11(7-10(9)13(15)17-16-8)18(2)14(20)19(12)4-5-21-3/h6-7H,4-5H2,1-3H3. The Kier molecular flexibility index (Phi) is 3.43. The molecule has 110 valence electrons. The molecule has 7 heteroatoms. The number of aromatic nitrogens is 4. The highest BCUT2D eigenvalue weighted by atomic mass is 35.5. The molecule has 3 aromatic rings. The minimum absolute atomic E-state index is 0.0768. The molecule has 0 saturated heterocycles. The van der Waals surface area contributed by atoms with E-state index < -0.39 is 0 Å². The molecule has 0 bridgehead atoms. The minimum atomic E-state index is -0.0768. The zero-order valence-electron chi connectivity index (χ0n) is 12.1. The van der Waals surface area contributed by atoms with E-state index in [1.807, 2.05) is 19.1 Å². The summed E-state index contributed by atoms with van der Waals surface area (Å²) >= 11 is 6.12. The highest BCUT2D eigenvalue weighted by molar-refractivity contribution is 6.34. The Hall–Kier alpha value is -1.92. The van der Waals surface area contributed by atoms with Crippen molar-refractivity contribution in [3.63, 3.8) is 0 Å². The third kappa shape index (κ3) is 2.11. The molecule has 0 aliphatic heterocycles. The zero-order valence-corrected chi connectivity index (χ0v) is 12.8. The summed E-state index contributed by atoms with van der Waals surface area (Å²) in [5.41, 5.74) is 2.37. The molecule has 1 aromatic carbocycles. The van der Waals surface area contributed by atoms with Crippen molar-refractivity contribution < 1.29 is 4.74 Å². The van der Waals surface area contributed by atoms with Gasteiger partial charge in [-0.15, -0.1) is 5.10 Å². The van der Waals surface area contributed by atoms with Gasteiger partial charge in [-0.3, -0.25) is 9.13 Å². The lowest BCUT2D eigenvalue weighted by Crippen LogP contribution is -2.23. The second-order valence-electron chi connectivity index (χ2n) is 4.95. The maximum atomic E-state index is 12.3. The average molecular weight is 307 g/mol. The van der Waals surface area contributed by atoms with Gasteiger partial charge in [-0.2, -0.15) is 5.10 Å². The van der Waals surface area contributed by atoms with Crippen molar-refractivity contribution in [1.29, 1.82) is 0 Å². The first-order valence-corrected chi connectivity index (χ1v) is 6.93. The van der Waals surface area contributed by atoms with Crippen molar-refractivity contribution in [2.45, 2.75) is 13.5 Å². The summed E-state index contributed by atoms with van der Waals surface area (Å²) in [6.45, 7) is 2.85. The van der Waals surface area contributed by atoms with E-state index in [-0.39, 0.29) is 5.69 Å². The van der Waals surface area contributed by atoms with Crippen LogP contribution in [0.25, 0.3) is 21.8 Å². The fourth-order valence-corrected chi connectivity index (χ4v) is 2.74. The molecule has 0 fully saturated rings. The van der Waals surface area contributed by atoms with E-state index in [2.05, 4.69) is 10.2 Å². The zero-order chi connectivity index (χ0) is 15.1. The van der Waals surface area contributed by atoms with Crippen molar-refractivity contribution in [3.8, 4) is 0 Å². The van der Waals surface area contributed by atoms with Crippen LogP contribution in [0.1, 0.15) is 5.69 Å². The van der Waals surface area contributed by atoms with E-state index in [1.54, 1.807) is 23.3 Å². The van der Waals surface area contributed by atoms with Gasteiger partial charge in [0.25, 0.3) is 0 Å². The lowest BCUT2D eigenvalue weighted by atomic mass is 10.1. The number of ether oxygens (including phenoxy) is 1. The molecular weight excluding hydrogens is 292 g/mol. The fraction of sp³-hybridized carbons (Fsp3) is 0.357. The number of hydrogen-bond donors (Lipinski definition) is 0. The molecule has 6 nitrogen and oxygen atoms in total. The molecule has 21 heavy (non-hydrogen) atoms. The quantitative estimate of drug-likeness (QED) is 0.741. The first-order chi connectivity index (χ1) is 10.0. The molecule has 2 aromatic heterocycles. The van der Waals surface area contributed by atoms with Gasteiger partial charge in [0.15, 0.2) is 5.15 Å². The van der Waals surface area contributed by atoms with Crippen LogP contribution in [0.15, 0.2) is 16.9 Å². The number of benzene rings is 1. The largest absolute Gasteiger partial charge is 0.383 e. The van der Waals surface area contributed by atoms with Crippen LogP contribution in [0.3, 0.4) is 0 Å². The average Bonchev–Trinajstić information content (AvgIpc) is 2.71. The summed E-state index contributed by atoms with van der Waals surface area (Å²) in [4.78, 5) is 12.3. The van der Waals surface area contributed by atoms with Crippen molar-refractivity contribution in [2.24, 2.45) is 7.05 Å². The summed E-state index contributed by atoms with van der Waals surface area (Å²) in [5, 5.41) is 10.0. The Morgan fingerprint density at radius 3 is 2.67 bits per heavy atom. The van der Waals surface area contributed by atoms with Crippen molar-refractivity contribution in [1.82, 2.24) is 19.3 Å². The number of halogens is 1. The molecule has 0 radical (unpaired) electrons. The van der Waals surface area contributed by atoms with Crippen molar-refractivity contribution in [3.05, 3.63) is 33.5 Å². The lowest BCUT2D eigenvalue weighted by molar-refractivity contribution is 0.187. The number of nitrogens with zero attached hydrogens (tertiary/aromatic N) is 4. The highest BCUT2D eigenvalue weighted by Crippen LogP contribution is 2.27. The third-order valence-corrected chi connectivity index (χ3v) is 3.98. The SMILES string of the molecule is COCCn1c(=O)n(C)c2cc3c(Cl)nnc(C)c3cc21. The normalized spacial score (nSPS) is 11.6. The molecule has 0 spiro atoms. The van der Waals surface area contributed by atoms with Gasteiger partial charge >= 0.3 is 5.69 Å². The van der Waals surface area contributed by atoms with Gasteiger partial charge in [0.2, 0.25) is 0 Å². The number of imidazole rings is 1. The topological polar surface area (TPSA) is 61.9 Å². The lowest BCUT2D eigenvalue weighted by Gasteiger charge is -2.05. The van der Waals surface area contributed by atoms with Crippen LogP contribution in [0.2, 0.25) is 5.15 Å². The van der Waals surface area contributed by atoms with Crippen LogP contribution in [-0.2, 0) is 18.3 Å². The Balaban J connectivity index is 2.41. The maximum absolute atomic E-state index is 12.3. The molecule has 0 saturated carbocycles. The van der Waals surface area contributed by atoms with E-state index in [0.29, 0.717) is 18.3 Å². The van der Waals surface area contributed by atoms with Gasteiger partial charge in [-0.05, 0) is 19.1 Å². The Labute approximate surface area is 125 Å². The van der Waals surface area contributed by atoms with Crippen LogP contribution >= 0.6 is 11.6 Å². The number of rotatable bonds is 3. The molecule has 3 rings (SSSR count). The van der Waals surface area contributed by atoms with Crippen molar-refractivity contribution in [2.75, 3.05) is 13.7 Å². The molecule has 2 heterocycles. The van der Waals surface area contributed by atoms with E-state index in [4.69, 9.17) is 16.3 Å². The predicted molar refractivity (Wildman–Crippen MR) is 81.9 cm³/mol. The monoisotopic (exact) mass is 306 g/mol. The molecule has 0 N–H and O–H groups in total. The van der Waals surface area contributed by atoms with Crippen LogP contribution in [0, 0.1) is 6.92 Å². The third-order valence-electron chi connectivity index (χ3n) is 3.70. The van der Waals surface area contributed by atoms with E-state index in [9.17, 15) is 4.79 Å². The highest BCUT2D eigenvalue weighted by Gasteiger charge is 2.14. The second-order valence-corrected chi connectivity index (χ2v) is 5.31. The molecule has 0 unspecified atom stereocenters. The molecular formula is C14H15ClN4O2. The van der Waals surface area contributed by atoms with Crippen LogP contribution in [0.4, 0.5) is 0 Å². The van der Waals surface area contributed by atoms with E-state index in [1.165, 1.54) is 0 Å². The predicted octanol–water partition coefficient (Wildman–Crippen LogP) is 1.89. The molecule has 0 atom stereocenters. The summed E-state index contributed by atoms with van der Waals surface area (Å²) in [6, 6.07) is 3.83. The van der Waals surface area contributed by atoms with Crippen molar-refractivity contribution >= 4 is 33.4 Å². The van der Waals surface area contributed by atoms with E-state index in [0.717, 1.165) is 27.5 Å². The Morgan fingerprint density at radius 1 is 1.24 bits per heavy atom. The smallest absolute Gasteiger partial charge is 0.328 e. The number of fused-ring (bicyclic) bond motifs is 2. The molecule has 0 aliphatic rings. The number of aryl methyl sites for hydroxylation is 2. The first kappa shape index (κ1) is 14.0. The van der Waals surface area contributed by atoms with Gasteiger partial charge in [0.05, 0.1) is 29.9 Å². The number of hydrogen-bond acceptors (Lipinski definition) is 4. The van der Waals surface area contributed by atoms with Gasteiger partial charge in [-0.25, -0.2) is 4.79 Å². The summed E-state index contributed by atoms with van der Waals surface area (Å²) < 4.78 is 8.38. The Bertz CT molecular complexity index is 897. The second kappa shape index (κ2) is 5.13. The summed E-state index contributed by atoms with van der Waals surface area (Å²) in [7, 11) is 3.36. The van der Waals surface area contributed by atoms with Gasteiger partial charge in [-0.1, -0.05) is 11.6 Å². The summed E-state index contributed by atoms with van der Waals surface area (Å²) in [5.74, 6) is 0. The van der Waals surface area contributed by atoms with Gasteiger partial charge < -0.3 is 4.74 Å². The van der Waals surface area contributed by atoms with Crippen LogP contribution in [-0.4, -0.2) is 33.0 Å². The van der Waals surface area contributed by atoms with Gasteiger partial charge in [0.1, 0.15) is 0 Å². The first-order valence-electron chi connectivity index (χ1n) is 6.55. The van der Waals surface area contributed by atoms with Crippen LogP contribution in [0.5, 0.6) is 0 Å². The van der Waals surface area contributed by atoms with Crippen LogP contribution < -0.4 is 5.69 Å². The minimum Gasteiger partial charge on any atom is -0.383 e. The molecule has 0 amide bonds. The molecule has 0 aliphatic carbocycles. The Morgan fingerprint density at radius 2 is 1.95 bits per heavy atom. The van der Waals surface area contributed by atoms with Gasteiger partial charge in [0, 0.05) is 24.9 Å². The van der Waals surface area contributed by atoms with E-state index >= 15 is 0 Å². The maximum Gasteiger partial charge on any atom is 0.328 e. The number of methoxy groups -OCH3 is 1. The summed E-state index contributed by atoms with van der Waals surface area (Å²) in [6.07, 6.45) is 0.